The van der Waals surface area contributed by atoms with Crippen molar-refractivity contribution in [3.63, 3.8) is 0 Å². The maximum atomic E-state index is 12.5. The molecule has 1 heterocycles. The quantitative estimate of drug-likeness (QED) is 0.544. The minimum absolute atomic E-state index is 0.00924. The summed E-state index contributed by atoms with van der Waals surface area (Å²) >= 11 is 0. The standard InChI is InChI=1S/C22H26N4O4S/c1-4-16-7-9-17(10-8-16)15-20-24-25-22(30-20)23-21(27)18-11-13-19(14-12-18)31(28,29)26(5-2)6-3/h7-14H,4-6,15H2,1-3H3,(H,23,25,27). The Morgan fingerprint density at radius 1 is 0.935 bits per heavy atom. The van der Waals surface area contributed by atoms with Gasteiger partial charge in [-0.15, -0.1) is 5.10 Å². The smallest absolute Gasteiger partial charge is 0.322 e. The fraction of sp³-hybridized carbons (Fsp3) is 0.318. The number of hydrogen-bond acceptors (Lipinski definition) is 6. The molecule has 1 N–H and O–H groups in total. The molecule has 0 spiro atoms. The zero-order chi connectivity index (χ0) is 22.4. The molecule has 0 atom stereocenters. The lowest BCUT2D eigenvalue weighted by Crippen LogP contribution is -2.30. The van der Waals surface area contributed by atoms with Crippen LogP contribution in [0.2, 0.25) is 0 Å². The number of aromatic nitrogens is 2. The number of aryl methyl sites for hydroxylation is 1. The van der Waals surface area contributed by atoms with Gasteiger partial charge in [-0.25, -0.2) is 8.42 Å². The molecule has 0 aliphatic carbocycles. The maximum Gasteiger partial charge on any atom is 0.322 e. The van der Waals surface area contributed by atoms with Crippen LogP contribution in [0.4, 0.5) is 6.01 Å². The van der Waals surface area contributed by atoms with Gasteiger partial charge in [0.25, 0.3) is 5.91 Å². The summed E-state index contributed by atoms with van der Waals surface area (Å²) in [6.07, 6.45) is 1.43. The summed E-state index contributed by atoms with van der Waals surface area (Å²) in [5, 5.41) is 10.4. The summed E-state index contributed by atoms with van der Waals surface area (Å²) in [5.41, 5.74) is 2.57. The van der Waals surface area contributed by atoms with Crippen LogP contribution in [-0.4, -0.2) is 41.9 Å². The number of nitrogens with one attached hydrogen (secondary N) is 1. The number of rotatable bonds is 9. The first-order valence-electron chi connectivity index (χ1n) is 10.2. The van der Waals surface area contributed by atoms with Crippen LogP contribution in [0.3, 0.4) is 0 Å². The number of amides is 1. The highest BCUT2D eigenvalue weighted by molar-refractivity contribution is 7.89. The number of sulfonamides is 1. The van der Waals surface area contributed by atoms with E-state index in [0.717, 1.165) is 12.0 Å². The van der Waals surface area contributed by atoms with Gasteiger partial charge in [-0.05, 0) is 41.8 Å². The predicted molar refractivity (Wildman–Crippen MR) is 117 cm³/mol. The Balaban J connectivity index is 1.65. The Morgan fingerprint density at radius 2 is 1.55 bits per heavy atom. The number of benzene rings is 2. The number of hydrogen-bond donors (Lipinski definition) is 1. The third-order valence-corrected chi connectivity index (χ3v) is 7.00. The van der Waals surface area contributed by atoms with Gasteiger partial charge >= 0.3 is 6.01 Å². The topological polar surface area (TPSA) is 105 Å². The van der Waals surface area contributed by atoms with E-state index in [9.17, 15) is 13.2 Å². The molecule has 0 unspecified atom stereocenters. The minimum atomic E-state index is -3.57. The molecule has 0 bridgehead atoms. The van der Waals surface area contributed by atoms with Gasteiger partial charge in [0.1, 0.15) is 0 Å². The second-order valence-corrected chi connectivity index (χ2v) is 8.85. The third-order valence-electron chi connectivity index (χ3n) is 4.93. The summed E-state index contributed by atoms with van der Waals surface area (Å²) in [5.74, 6) is -0.0745. The Hall–Kier alpha value is -3.04. The van der Waals surface area contributed by atoms with Crippen molar-refractivity contribution in [2.75, 3.05) is 18.4 Å². The molecule has 1 aromatic heterocycles. The molecule has 2 aromatic carbocycles. The molecular formula is C22H26N4O4S. The zero-order valence-electron chi connectivity index (χ0n) is 17.8. The first-order valence-corrected chi connectivity index (χ1v) is 11.6. The number of anilines is 1. The molecule has 3 rings (SSSR count). The van der Waals surface area contributed by atoms with Crippen molar-refractivity contribution in [1.82, 2.24) is 14.5 Å². The van der Waals surface area contributed by atoms with E-state index >= 15 is 0 Å². The Labute approximate surface area is 182 Å². The van der Waals surface area contributed by atoms with Gasteiger partial charge in [0.2, 0.25) is 15.9 Å². The normalized spacial score (nSPS) is 11.6. The van der Waals surface area contributed by atoms with Crippen LogP contribution in [0.25, 0.3) is 0 Å². The van der Waals surface area contributed by atoms with E-state index in [1.54, 1.807) is 13.8 Å². The van der Waals surface area contributed by atoms with Gasteiger partial charge in [0.05, 0.1) is 11.3 Å². The fourth-order valence-corrected chi connectivity index (χ4v) is 4.56. The van der Waals surface area contributed by atoms with Gasteiger partial charge in [-0.1, -0.05) is 50.1 Å². The molecule has 0 radical (unpaired) electrons. The van der Waals surface area contributed by atoms with Crippen LogP contribution in [-0.2, 0) is 22.9 Å². The van der Waals surface area contributed by atoms with E-state index in [1.807, 2.05) is 12.1 Å². The first-order chi connectivity index (χ1) is 14.9. The molecule has 0 aliphatic rings. The van der Waals surface area contributed by atoms with Gasteiger partial charge < -0.3 is 4.42 Å². The lowest BCUT2D eigenvalue weighted by atomic mass is 10.1. The van der Waals surface area contributed by atoms with Crippen molar-refractivity contribution in [3.05, 3.63) is 71.1 Å². The summed E-state index contributed by atoms with van der Waals surface area (Å²) in [4.78, 5) is 12.6. The molecule has 31 heavy (non-hydrogen) atoms. The summed E-state index contributed by atoms with van der Waals surface area (Å²) < 4.78 is 32.0. The van der Waals surface area contributed by atoms with E-state index in [4.69, 9.17) is 4.42 Å². The molecule has 0 fully saturated rings. The molecule has 1 amide bonds. The average Bonchev–Trinajstić information content (AvgIpc) is 3.21. The van der Waals surface area contributed by atoms with Crippen molar-refractivity contribution in [2.45, 2.75) is 38.5 Å². The van der Waals surface area contributed by atoms with Crippen molar-refractivity contribution in [1.29, 1.82) is 0 Å². The van der Waals surface area contributed by atoms with E-state index in [-0.39, 0.29) is 16.5 Å². The van der Waals surface area contributed by atoms with Crippen molar-refractivity contribution >= 4 is 21.9 Å². The summed E-state index contributed by atoms with van der Waals surface area (Å²) in [7, 11) is -3.57. The lowest BCUT2D eigenvalue weighted by molar-refractivity contribution is 0.102. The second-order valence-electron chi connectivity index (χ2n) is 6.92. The number of nitrogens with zero attached hydrogens (tertiary/aromatic N) is 3. The van der Waals surface area contributed by atoms with Gasteiger partial charge in [-0.3, -0.25) is 10.1 Å². The van der Waals surface area contributed by atoms with Gasteiger partial charge in [0, 0.05) is 18.7 Å². The number of carbonyl (C=O) groups is 1. The second kappa shape index (κ2) is 9.84. The summed E-state index contributed by atoms with van der Waals surface area (Å²) in [6.45, 7) is 6.41. The Kier molecular flexibility index (Phi) is 7.19. The van der Waals surface area contributed by atoms with Crippen LogP contribution in [0.5, 0.6) is 0 Å². The van der Waals surface area contributed by atoms with Crippen LogP contribution in [0.15, 0.2) is 57.8 Å². The molecule has 3 aromatic rings. The van der Waals surface area contributed by atoms with E-state index < -0.39 is 15.9 Å². The fourth-order valence-electron chi connectivity index (χ4n) is 3.10. The van der Waals surface area contributed by atoms with Crippen molar-refractivity contribution < 1.29 is 17.6 Å². The van der Waals surface area contributed by atoms with Gasteiger partial charge in [0.15, 0.2) is 0 Å². The summed E-state index contributed by atoms with van der Waals surface area (Å²) in [6, 6.07) is 13.9. The molecule has 8 nitrogen and oxygen atoms in total. The SMILES string of the molecule is CCc1ccc(Cc2nnc(NC(=O)c3ccc(S(=O)(=O)N(CC)CC)cc3)o2)cc1. The van der Waals surface area contributed by atoms with Gasteiger partial charge in [-0.2, -0.15) is 4.31 Å². The van der Waals surface area contributed by atoms with Crippen molar-refractivity contribution in [2.24, 2.45) is 0 Å². The third kappa shape index (κ3) is 5.36. The minimum Gasteiger partial charge on any atom is -0.407 e. The number of carbonyl (C=O) groups excluding carboxylic acids is 1. The van der Waals surface area contributed by atoms with E-state index in [0.29, 0.717) is 25.4 Å². The molecule has 164 valence electrons. The van der Waals surface area contributed by atoms with E-state index in [1.165, 1.54) is 34.1 Å². The molecule has 0 aliphatic heterocycles. The molecular weight excluding hydrogens is 416 g/mol. The largest absolute Gasteiger partial charge is 0.407 e. The van der Waals surface area contributed by atoms with Crippen LogP contribution >= 0.6 is 0 Å². The van der Waals surface area contributed by atoms with Crippen LogP contribution in [0, 0.1) is 0 Å². The molecule has 0 saturated heterocycles. The molecule has 9 heteroatoms. The first kappa shape index (κ1) is 22.6. The Morgan fingerprint density at radius 3 is 2.13 bits per heavy atom. The predicted octanol–water partition coefficient (Wildman–Crippen LogP) is 3.51. The van der Waals surface area contributed by atoms with Crippen molar-refractivity contribution in [3.8, 4) is 0 Å². The van der Waals surface area contributed by atoms with Crippen LogP contribution < -0.4 is 5.32 Å². The molecule has 0 saturated carbocycles. The maximum absolute atomic E-state index is 12.5. The highest BCUT2D eigenvalue weighted by Crippen LogP contribution is 2.18. The highest BCUT2D eigenvalue weighted by atomic mass is 32.2. The Bertz CT molecular complexity index is 1120. The van der Waals surface area contributed by atoms with E-state index in [2.05, 4.69) is 34.6 Å². The highest BCUT2D eigenvalue weighted by Gasteiger charge is 2.22. The van der Waals surface area contributed by atoms with Crippen LogP contribution in [0.1, 0.15) is 48.1 Å². The average molecular weight is 443 g/mol. The lowest BCUT2D eigenvalue weighted by Gasteiger charge is -2.18. The zero-order valence-corrected chi connectivity index (χ0v) is 18.6. The monoisotopic (exact) mass is 442 g/mol.